The summed E-state index contributed by atoms with van der Waals surface area (Å²) in [5.41, 5.74) is 1.69. The molecule has 0 spiro atoms. The number of rotatable bonds is 3. The molecule has 146 valence electrons. The maximum Gasteiger partial charge on any atom is 0.228 e. The highest BCUT2D eigenvalue weighted by molar-refractivity contribution is 5.93. The Kier molecular flexibility index (Phi) is 4.79. The van der Waals surface area contributed by atoms with E-state index in [-0.39, 0.29) is 17.7 Å². The Labute approximate surface area is 165 Å². The van der Waals surface area contributed by atoms with Crippen LogP contribution in [0.1, 0.15) is 32.4 Å². The van der Waals surface area contributed by atoms with E-state index in [1.807, 2.05) is 44.1 Å². The monoisotopic (exact) mass is 378 g/mol. The Morgan fingerprint density at radius 1 is 1.11 bits per heavy atom. The van der Waals surface area contributed by atoms with Crippen molar-refractivity contribution in [3.63, 3.8) is 0 Å². The molecule has 0 bridgehead atoms. The number of hydrogen-bond acceptors (Lipinski definition) is 5. The minimum absolute atomic E-state index is 0.101. The summed E-state index contributed by atoms with van der Waals surface area (Å²) in [5.74, 6) is 0.771. The maximum absolute atomic E-state index is 12.7. The van der Waals surface area contributed by atoms with Gasteiger partial charge >= 0.3 is 0 Å². The molecule has 3 heterocycles. The number of piperazine rings is 1. The summed E-state index contributed by atoms with van der Waals surface area (Å²) in [7, 11) is 0. The average molecular weight is 378 g/mol. The number of hydrogen-bond donors (Lipinski definition) is 0. The van der Waals surface area contributed by atoms with Gasteiger partial charge in [-0.05, 0) is 0 Å². The van der Waals surface area contributed by atoms with Crippen molar-refractivity contribution in [2.75, 3.05) is 31.1 Å². The van der Waals surface area contributed by atoms with Crippen LogP contribution in [0.2, 0.25) is 0 Å². The lowest BCUT2D eigenvalue weighted by molar-refractivity contribution is -0.130. The van der Waals surface area contributed by atoms with Crippen molar-refractivity contribution in [3.8, 4) is 0 Å². The first-order chi connectivity index (χ1) is 13.4. The van der Waals surface area contributed by atoms with E-state index in [1.54, 1.807) is 6.26 Å². The molecule has 3 aromatic rings. The minimum Gasteiger partial charge on any atom is -0.448 e. The highest BCUT2D eigenvalue weighted by atomic mass is 16.3. The Hall–Kier alpha value is -2.89. The Morgan fingerprint density at radius 3 is 2.57 bits per heavy atom. The summed E-state index contributed by atoms with van der Waals surface area (Å²) < 4.78 is 5.54. The third-order valence-corrected chi connectivity index (χ3v) is 5.15. The third-order valence-electron chi connectivity index (χ3n) is 5.15. The SMILES string of the molecule is CC(C)(C)c1nc(CC(=O)N2CCN(c3cncc4ccccc34)CC2)co1. The molecule has 0 radical (unpaired) electrons. The van der Waals surface area contributed by atoms with Gasteiger partial charge in [0.1, 0.15) is 6.26 Å². The topological polar surface area (TPSA) is 62.5 Å². The zero-order valence-corrected chi connectivity index (χ0v) is 16.7. The van der Waals surface area contributed by atoms with Crippen molar-refractivity contribution in [1.29, 1.82) is 0 Å². The molecule has 1 amide bonds. The molecule has 2 aromatic heterocycles. The van der Waals surface area contributed by atoms with E-state index in [0.29, 0.717) is 24.7 Å². The molecule has 0 saturated carbocycles. The molecular formula is C22H26N4O2. The molecule has 1 saturated heterocycles. The van der Waals surface area contributed by atoms with Crippen LogP contribution in [0.3, 0.4) is 0 Å². The molecule has 0 unspecified atom stereocenters. The lowest BCUT2D eigenvalue weighted by atomic mass is 9.97. The number of pyridine rings is 1. The summed E-state index contributed by atoms with van der Waals surface area (Å²) in [6, 6.07) is 8.28. The molecule has 6 heteroatoms. The summed E-state index contributed by atoms with van der Waals surface area (Å²) >= 11 is 0. The van der Waals surface area contributed by atoms with E-state index in [1.165, 1.54) is 5.39 Å². The molecule has 0 atom stereocenters. The van der Waals surface area contributed by atoms with E-state index in [0.717, 1.165) is 24.2 Å². The third kappa shape index (κ3) is 3.72. The van der Waals surface area contributed by atoms with Crippen LogP contribution in [0.5, 0.6) is 0 Å². The van der Waals surface area contributed by atoms with E-state index >= 15 is 0 Å². The fraction of sp³-hybridized carbons (Fsp3) is 0.409. The normalized spacial score (nSPS) is 15.2. The molecule has 6 nitrogen and oxygen atoms in total. The van der Waals surface area contributed by atoms with Crippen LogP contribution in [0.25, 0.3) is 10.8 Å². The van der Waals surface area contributed by atoms with Gasteiger partial charge in [0.25, 0.3) is 0 Å². The zero-order valence-electron chi connectivity index (χ0n) is 16.7. The Bertz CT molecular complexity index is 976. The van der Waals surface area contributed by atoms with E-state index in [4.69, 9.17) is 4.42 Å². The number of benzene rings is 1. The second kappa shape index (κ2) is 7.26. The predicted molar refractivity (Wildman–Crippen MR) is 109 cm³/mol. The van der Waals surface area contributed by atoms with Gasteiger partial charge in [0.15, 0.2) is 5.89 Å². The van der Waals surface area contributed by atoms with Crippen molar-refractivity contribution in [1.82, 2.24) is 14.9 Å². The van der Waals surface area contributed by atoms with Gasteiger partial charge in [-0.3, -0.25) is 9.78 Å². The smallest absolute Gasteiger partial charge is 0.228 e. The lowest BCUT2D eigenvalue weighted by Gasteiger charge is -2.36. The summed E-state index contributed by atoms with van der Waals surface area (Å²) in [6.07, 6.45) is 5.71. The van der Waals surface area contributed by atoms with Gasteiger partial charge in [-0.25, -0.2) is 4.98 Å². The van der Waals surface area contributed by atoms with Crippen LogP contribution in [-0.4, -0.2) is 47.0 Å². The second-order valence-corrected chi connectivity index (χ2v) is 8.32. The van der Waals surface area contributed by atoms with Gasteiger partial charge in [0, 0.05) is 48.6 Å². The van der Waals surface area contributed by atoms with E-state index < -0.39 is 0 Å². The van der Waals surface area contributed by atoms with Crippen molar-refractivity contribution >= 4 is 22.4 Å². The van der Waals surface area contributed by atoms with Crippen molar-refractivity contribution < 1.29 is 9.21 Å². The summed E-state index contributed by atoms with van der Waals surface area (Å²) in [6.45, 7) is 9.14. The zero-order chi connectivity index (χ0) is 19.7. The number of fused-ring (bicyclic) bond motifs is 1. The lowest BCUT2D eigenvalue weighted by Crippen LogP contribution is -2.49. The molecule has 0 aliphatic carbocycles. The standard InChI is InChI=1S/C22H26N4O2/c1-22(2,3)21-24-17(15-28-21)12-20(27)26-10-8-25(9-11-26)19-14-23-13-16-6-4-5-7-18(16)19/h4-7,13-15H,8-12H2,1-3H3. The highest BCUT2D eigenvalue weighted by Crippen LogP contribution is 2.26. The van der Waals surface area contributed by atoms with Crippen molar-refractivity contribution in [2.45, 2.75) is 32.6 Å². The van der Waals surface area contributed by atoms with E-state index in [9.17, 15) is 4.79 Å². The number of carbonyl (C=O) groups is 1. The number of amides is 1. The van der Waals surface area contributed by atoms with Gasteiger partial charge in [-0.15, -0.1) is 0 Å². The molecule has 1 aliphatic heterocycles. The highest BCUT2D eigenvalue weighted by Gasteiger charge is 2.25. The summed E-state index contributed by atoms with van der Waals surface area (Å²) in [5, 5.41) is 2.34. The van der Waals surface area contributed by atoms with E-state index in [2.05, 4.69) is 33.1 Å². The average Bonchev–Trinajstić information content (AvgIpc) is 3.17. The number of nitrogens with zero attached hydrogens (tertiary/aromatic N) is 4. The Morgan fingerprint density at radius 2 is 1.86 bits per heavy atom. The molecule has 1 aromatic carbocycles. The minimum atomic E-state index is -0.153. The molecule has 1 fully saturated rings. The molecule has 1 aliphatic rings. The molecule has 28 heavy (non-hydrogen) atoms. The summed E-state index contributed by atoms with van der Waals surface area (Å²) in [4.78, 5) is 25.8. The number of aromatic nitrogens is 2. The van der Waals surface area contributed by atoms with Gasteiger partial charge in [0.2, 0.25) is 5.91 Å². The van der Waals surface area contributed by atoms with Crippen LogP contribution in [0.15, 0.2) is 47.3 Å². The van der Waals surface area contributed by atoms with Crippen LogP contribution in [0.4, 0.5) is 5.69 Å². The van der Waals surface area contributed by atoms with Crippen LogP contribution in [-0.2, 0) is 16.6 Å². The number of carbonyl (C=O) groups excluding carboxylic acids is 1. The van der Waals surface area contributed by atoms with Crippen LogP contribution < -0.4 is 4.90 Å². The first-order valence-electron chi connectivity index (χ1n) is 9.72. The van der Waals surface area contributed by atoms with Crippen molar-refractivity contribution in [2.24, 2.45) is 0 Å². The fourth-order valence-corrected chi connectivity index (χ4v) is 3.55. The molecule has 0 N–H and O–H groups in total. The van der Waals surface area contributed by atoms with Crippen LogP contribution >= 0.6 is 0 Å². The van der Waals surface area contributed by atoms with Gasteiger partial charge in [0.05, 0.1) is 24.0 Å². The second-order valence-electron chi connectivity index (χ2n) is 8.32. The fourth-order valence-electron chi connectivity index (χ4n) is 3.55. The number of oxazole rings is 1. The maximum atomic E-state index is 12.7. The predicted octanol–water partition coefficient (Wildman–Crippen LogP) is 3.41. The first kappa shape index (κ1) is 18.5. The molecular weight excluding hydrogens is 352 g/mol. The largest absolute Gasteiger partial charge is 0.448 e. The first-order valence-corrected chi connectivity index (χ1v) is 9.72. The Balaban J connectivity index is 1.40. The quantitative estimate of drug-likeness (QED) is 0.699. The number of anilines is 1. The van der Waals surface area contributed by atoms with Crippen LogP contribution in [0, 0.1) is 0 Å². The van der Waals surface area contributed by atoms with Crippen molar-refractivity contribution in [3.05, 3.63) is 54.5 Å². The molecule has 4 rings (SSSR count). The van der Waals surface area contributed by atoms with Gasteiger partial charge in [-0.1, -0.05) is 45.0 Å². The van der Waals surface area contributed by atoms with Gasteiger partial charge in [-0.2, -0.15) is 0 Å². The van der Waals surface area contributed by atoms with Gasteiger partial charge < -0.3 is 14.2 Å².